The molecular weight excluding hydrogens is 450 g/mol. The number of imidazole rings is 1. The van der Waals surface area contributed by atoms with Gasteiger partial charge in [0.1, 0.15) is 11.9 Å². The molecule has 1 aliphatic rings. The second-order valence-corrected chi connectivity index (χ2v) is 10.5. The van der Waals surface area contributed by atoms with Gasteiger partial charge in [-0.05, 0) is 75.3 Å². The molecule has 0 amide bonds. The highest BCUT2D eigenvalue weighted by Crippen LogP contribution is 2.27. The van der Waals surface area contributed by atoms with Gasteiger partial charge in [0.15, 0.2) is 0 Å². The summed E-state index contributed by atoms with van der Waals surface area (Å²) in [5.41, 5.74) is 4.57. The fraction of sp³-hybridized carbons (Fsp3) is 0.567. The van der Waals surface area contributed by atoms with E-state index in [1.807, 2.05) is 28.2 Å². The molecule has 2 heterocycles. The van der Waals surface area contributed by atoms with Gasteiger partial charge in [0.2, 0.25) is 0 Å². The molecule has 36 heavy (non-hydrogen) atoms. The molecule has 3 aromatic rings. The lowest BCUT2D eigenvalue weighted by molar-refractivity contribution is 0.109. The van der Waals surface area contributed by atoms with Crippen LogP contribution in [-0.4, -0.2) is 53.0 Å². The highest BCUT2D eigenvalue weighted by Gasteiger charge is 2.26. The van der Waals surface area contributed by atoms with Gasteiger partial charge in [-0.3, -0.25) is 9.13 Å². The molecule has 0 saturated carbocycles. The van der Waals surface area contributed by atoms with E-state index in [1.54, 1.807) is 0 Å². The average molecular weight is 494 g/mol. The predicted molar refractivity (Wildman–Crippen MR) is 147 cm³/mol. The second-order valence-electron chi connectivity index (χ2n) is 10.5. The Labute approximate surface area is 215 Å². The van der Waals surface area contributed by atoms with Crippen molar-refractivity contribution in [1.82, 2.24) is 14.0 Å². The number of ether oxygens (including phenoxy) is 2. The van der Waals surface area contributed by atoms with E-state index < -0.39 is 0 Å². The maximum absolute atomic E-state index is 13.4. The Bertz CT molecular complexity index is 1190. The Morgan fingerprint density at radius 2 is 1.72 bits per heavy atom. The lowest BCUT2D eigenvalue weighted by Crippen LogP contribution is -2.40. The normalized spacial score (nSPS) is 16.2. The van der Waals surface area contributed by atoms with Crippen LogP contribution in [0.5, 0.6) is 5.75 Å². The summed E-state index contributed by atoms with van der Waals surface area (Å²) in [5, 5.41) is 0. The summed E-state index contributed by atoms with van der Waals surface area (Å²) in [7, 11) is 0. The van der Waals surface area contributed by atoms with Crippen LogP contribution in [0.3, 0.4) is 0 Å². The number of likely N-dealkylation sites (tertiary alicyclic amines) is 1. The lowest BCUT2D eigenvalue weighted by atomic mass is 10.0. The molecule has 4 rings (SSSR count). The van der Waals surface area contributed by atoms with E-state index in [1.165, 1.54) is 11.1 Å². The van der Waals surface area contributed by atoms with Crippen LogP contribution >= 0.6 is 0 Å². The Morgan fingerprint density at radius 1 is 1.00 bits per heavy atom. The number of para-hydroxylation sites is 2. The zero-order valence-electron chi connectivity index (χ0n) is 22.7. The molecule has 6 heteroatoms. The van der Waals surface area contributed by atoms with Crippen LogP contribution in [-0.2, 0) is 11.3 Å². The lowest BCUT2D eigenvalue weighted by Gasteiger charge is -2.34. The summed E-state index contributed by atoms with van der Waals surface area (Å²) < 4.78 is 16.0. The first kappa shape index (κ1) is 26.5. The highest BCUT2D eigenvalue weighted by atomic mass is 16.5. The van der Waals surface area contributed by atoms with Crippen molar-refractivity contribution in [2.75, 3.05) is 32.8 Å². The van der Waals surface area contributed by atoms with Crippen LogP contribution < -0.4 is 10.4 Å². The average Bonchev–Trinajstić information content (AvgIpc) is 3.15. The van der Waals surface area contributed by atoms with Gasteiger partial charge < -0.3 is 14.4 Å². The molecule has 0 spiro atoms. The first-order valence-electron chi connectivity index (χ1n) is 13.6. The van der Waals surface area contributed by atoms with Crippen LogP contribution in [0.15, 0.2) is 47.3 Å². The fourth-order valence-corrected chi connectivity index (χ4v) is 5.34. The second kappa shape index (κ2) is 12.1. The summed E-state index contributed by atoms with van der Waals surface area (Å²) in [4.78, 5) is 16.0. The first-order chi connectivity index (χ1) is 17.4. The van der Waals surface area contributed by atoms with Crippen molar-refractivity contribution in [1.29, 1.82) is 0 Å². The summed E-state index contributed by atoms with van der Waals surface area (Å²) in [6.07, 6.45) is 3.17. The SMILES string of the molecule is CCOCCn1c(=O)n(C2CCN(CCC(Oc3cc(C)ccc3C)C(C)C)CC2)c2ccccc21. The number of piperidine rings is 1. The molecule has 1 aromatic heterocycles. The maximum atomic E-state index is 13.4. The molecule has 1 atom stereocenters. The molecular formula is C30H43N3O3. The van der Waals surface area contributed by atoms with E-state index in [-0.39, 0.29) is 17.8 Å². The molecule has 0 radical (unpaired) electrons. The van der Waals surface area contributed by atoms with E-state index in [9.17, 15) is 4.79 Å². The molecule has 1 saturated heterocycles. The molecule has 1 aliphatic heterocycles. The third-order valence-corrected chi connectivity index (χ3v) is 7.55. The quantitative estimate of drug-likeness (QED) is 0.327. The number of hydrogen-bond acceptors (Lipinski definition) is 4. The minimum absolute atomic E-state index is 0.0937. The Hall–Kier alpha value is -2.57. The first-order valence-corrected chi connectivity index (χ1v) is 13.6. The van der Waals surface area contributed by atoms with E-state index in [0.29, 0.717) is 25.7 Å². The van der Waals surface area contributed by atoms with E-state index in [4.69, 9.17) is 9.47 Å². The van der Waals surface area contributed by atoms with E-state index >= 15 is 0 Å². The van der Waals surface area contributed by atoms with Crippen molar-refractivity contribution in [2.45, 2.75) is 72.6 Å². The van der Waals surface area contributed by atoms with Crippen molar-refractivity contribution < 1.29 is 9.47 Å². The minimum atomic E-state index is 0.0937. The fourth-order valence-electron chi connectivity index (χ4n) is 5.34. The molecule has 2 aromatic carbocycles. The monoisotopic (exact) mass is 493 g/mol. The van der Waals surface area contributed by atoms with Crippen LogP contribution in [0, 0.1) is 19.8 Å². The summed E-state index contributed by atoms with van der Waals surface area (Å²) >= 11 is 0. The van der Waals surface area contributed by atoms with Crippen LogP contribution in [0.1, 0.15) is 57.2 Å². The third-order valence-electron chi connectivity index (χ3n) is 7.55. The number of hydrogen-bond donors (Lipinski definition) is 0. The topological polar surface area (TPSA) is 48.6 Å². The number of aromatic nitrogens is 2. The Kier molecular flexibility index (Phi) is 8.91. The zero-order valence-corrected chi connectivity index (χ0v) is 22.7. The van der Waals surface area contributed by atoms with Crippen molar-refractivity contribution >= 4 is 11.0 Å². The zero-order chi connectivity index (χ0) is 25.7. The number of rotatable bonds is 11. The number of aryl methyl sites for hydroxylation is 2. The third kappa shape index (κ3) is 6.04. The number of benzene rings is 2. The molecule has 1 fully saturated rings. The van der Waals surface area contributed by atoms with Crippen molar-refractivity contribution in [3.8, 4) is 5.75 Å². The van der Waals surface area contributed by atoms with E-state index in [0.717, 1.165) is 55.7 Å². The molecule has 1 unspecified atom stereocenters. The Morgan fingerprint density at radius 3 is 2.42 bits per heavy atom. The van der Waals surface area contributed by atoms with Gasteiger partial charge in [0.25, 0.3) is 0 Å². The Balaban J connectivity index is 1.39. The molecule has 196 valence electrons. The van der Waals surface area contributed by atoms with Crippen molar-refractivity contribution in [2.24, 2.45) is 5.92 Å². The standard InChI is InChI=1S/C30H43N3O3/c1-6-35-20-19-32-26-9-7-8-10-27(26)33(30(32)34)25-13-16-31(17-14-25)18-15-28(22(2)3)36-29-21-23(4)11-12-24(29)5/h7-12,21-22,25,28H,6,13-20H2,1-5H3. The maximum Gasteiger partial charge on any atom is 0.329 e. The van der Waals surface area contributed by atoms with Crippen molar-refractivity contribution in [3.05, 3.63) is 64.1 Å². The van der Waals surface area contributed by atoms with Gasteiger partial charge in [-0.25, -0.2) is 4.79 Å². The molecule has 0 aliphatic carbocycles. The number of nitrogens with zero attached hydrogens (tertiary/aromatic N) is 3. The van der Waals surface area contributed by atoms with Gasteiger partial charge >= 0.3 is 5.69 Å². The molecule has 0 bridgehead atoms. The smallest absolute Gasteiger partial charge is 0.329 e. The van der Waals surface area contributed by atoms with Crippen LogP contribution in [0.2, 0.25) is 0 Å². The van der Waals surface area contributed by atoms with Crippen LogP contribution in [0.25, 0.3) is 11.0 Å². The van der Waals surface area contributed by atoms with Crippen LogP contribution in [0.4, 0.5) is 0 Å². The molecule has 0 N–H and O–H groups in total. The van der Waals surface area contributed by atoms with Crippen molar-refractivity contribution in [3.63, 3.8) is 0 Å². The van der Waals surface area contributed by atoms with Gasteiger partial charge in [-0.2, -0.15) is 0 Å². The predicted octanol–water partition coefficient (Wildman–Crippen LogP) is 5.59. The summed E-state index contributed by atoms with van der Waals surface area (Å²) in [5.74, 6) is 1.45. The number of fused-ring (bicyclic) bond motifs is 1. The van der Waals surface area contributed by atoms with Gasteiger partial charge in [0.05, 0.1) is 24.2 Å². The van der Waals surface area contributed by atoms with Gasteiger partial charge in [-0.1, -0.05) is 38.1 Å². The van der Waals surface area contributed by atoms with E-state index in [2.05, 4.69) is 62.9 Å². The summed E-state index contributed by atoms with van der Waals surface area (Å²) in [6, 6.07) is 14.8. The summed E-state index contributed by atoms with van der Waals surface area (Å²) in [6.45, 7) is 15.6. The minimum Gasteiger partial charge on any atom is -0.490 e. The largest absolute Gasteiger partial charge is 0.490 e. The van der Waals surface area contributed by atoms with Gasteiger partial charge in [-0.15, -0.1) is 0 Å². The highest BCUT2D eigenvalue weighted by molar-refractivity contribution is 5.76. The van der Waals surface area contributed by atoms with Gasteiger partial charge in [0, 0.05) is 32.3 Å². The molecule has 6 nitrogen and oxygen atoms in total.